The molecule has 0 atom stereocenters. The first-order chi connectivity index (χ1) is 10.2. The Morgan fingerprint density at radius 3 is 3.05 bits per heavy atom. The Kier molecular flexibility index (Phi) is 4.10. The number of aryl methyl sites for hydroxylation is 1. The Balaban J connectivity index is 1.79. The molecule has 0 saturated carbocycles. The predicted molar refractivity (Wildman–Crippen MR) is 75.7 cm³/mol. The highest BCUT2D eigenvalue weighted by atomic mass is 19.1. The van der Waals surface area contributed by atoms with Crippen LogP contribution in [0.25, 0.3) is 0 Å². The van der Waals surface area contributed by atoms with Gasteiger partial charge in [0.1, 0.15) is 5.82 Å². The van der Waals surface area contributed by atoms with Crippen molar-refractivity contribution in [3.63, 3.8) is 0 Å². The highest BCUT2D eigenvalue weighted by Gasteiger charge is 2.17. The fraction of sp³-hybridized carbons (Fsp3) is 0.500. The number of hydrogen-bond acceptors (Lipinski definition) is 5. The first kappa shape index (κ1) is 13.9. The maximum atomic E-state index is 13.3. The summed E-state index contributed by atoms with van der Waals surface area (Å²) in [6, 6.07) is 5.07. The van der Waals surface area contributed by atoms with Crippen LogP contribution in [-0.2, 0) is 11.3 Å². The third-order valence-corrected chi connectivity index (χ3v) is 3.57. The van der Waals surface area contributed by atoms with E-state index in [1.165, 1.54) is 6.07 Å². The molecule has 0 bridgehead atoms. The lowest BCUT2D eigenvalue weighted by molar-refractivity contribution is 0.152. The van der Waals surface area contributed by atoms with Gasteiger partial charge in [0.15, 0.2) is 0 Å². The first-order valence-corrected chi connectivity index (χ1v) is 7.08. The van der Waals surface area contributed by atoms with E-state index >= 15 is 0 Å². The van der Waals surface area contributed by atoms with E-state index in [0.717, 1.165) is 37.6 Å². The zero-order valence-corrected chi connectivity index (χ0v) is 12.0. The van der Waals surface area contributed by atoms with E-state index < -0.39 is 0 Å². The number of ether oxygens (including phenoxy) is 1. The number of benzene rings is 1. The molecule has 1 aliphatic heterocycles. The topological polar surface area (TPSA) is 56.1 Å². The van der Waals surface area contributed by atoms with Crippen LogP contribution in [0.15, 0.2) is 18.2 Å². The van der Waals surface area contributed by atoms with Crippen molar-refractivity contribution in [1.82, 2.24) is 20.2 Å². The van der Waals surface area contributed by atoms with E-state index in [1.54, 1.807) is 17.7 Å². The number of aromatic nitrogens is 4. The molecule has 6 nitrogen and oxygen atoms in total. The lowest BCUT2D eigenvalue weighted by Gasteiger charge is -2.19. The number of rotatable bonds is 3. The average molecular weight is 291 g/mol. The minimum absolute atomic E-state index is 0.194. The molecule has 0 aliphatic carbocycles. The van der Waals surface area contributed by atoms with Crippen LogP contribution >= 0.6 is 0 Å². The van der Waals surface area contributed by atoms with E-state index in [4.69, 9.17) is 4.74 Å². The van der Waals surface area contributed by atoms with Crippen molar-refractivity contribution < 1.29 is 9.13 Å². The van der Waals surface area contributed by atoms with Crippen LogP contribution in [0.1, 0.15) is 17.5 Å². The zero-order chi connectivity index (χ0) is 14.7. The van der Waals surface area contributed by atoms with E-state index in [0.29, 0.717) is 18.7 Å². The van der Waals surface area contributed by atoms with E-state index in [1.807, 2.05) is 6.07 Å². The van der Waals surface area contributed by atoms with Gasteiger partial charge in [-0.25, -0.2) is 9.07 Å². The first-order valence-electron chi connectivity index (χ1n) is 7.08. The van der Waals surface area contributed by atoms with Crippen molar-refractivity contribution in [3.05, 3.63) is 35.1 Å². The van der Waals surface area contributed by atoms with Crippen LogP contribution < -0.4 is 4.90 Å². The molecule has 21 heavy (non-hydrogen) atoms. The molecule has 1 aromatic heterocycles. The third kappa shape index (κ3) is 3.18. The molecule has 0 spiro atoms. The third-order valence-electron chi connectivity index (χ3n) is 3.57. The monoisotopic (exact) mass is 291 g/mol. The molecule has 1 saturated heterocycles. The number of tetrazole rings is 1. The Bertz CT molecular complexity index is 607. The Labute approximate surface area is 122 Å². The van der Waals surface area contributed by atoms with Crippen molar-refractivity contribution >= 4 is 5.95 Å². The molecule has 1 fully saturated rings. The number of hydrogen-bond donors (Lipinski definition) is 0. The highest BCUT2D eigenvalue weighted by molar-refractivity contribution is 5.30. The Morgan fingerprint density at radius 2 is 2.19 bits per heavy atom. The average Bonchev–Trinajstić information content (AvgIpc) is 2.76. The molecular weight excluding hydrogens is 273 g/mol. The van der Waals surface area contributed by atoms with Crippen LogP contribution in [0.2, 0.25) is 0 Å². The predicted octanol–water partition coefficient (Wildman–Crippen LogP) is 1.40. The second kappa shape index (κ2) is 6.17. The van der Waals surface area contributed by atoms with Gasteiger partial charge in [0.2, 0.25) is 5.95 Å². The summed E-state index contributed by atoms with van der Waals surface area (Å²) >= 11 is 0. The minimum atomic E-state index is -0.194. The van der Waals surface area contributed by atoms with Crippen LogP contribution in [0.3, 0.4) is 0 Å². The number of nitrogens with zero attached hydrogens (tertiary/aromatic N) is 5. The van der Waals surface area contributed by atoms with E-state index in [9.17, 15) is 4.39 Å². The molecule has 2 heterocycles. The van der Waals surface area contributed by atoms with Gasteiger partial charge in [-0.15, -0.1) is 0 Å². The van der Waals surface area contributed by atoms with Gasteiger partial charge in [-0.05, 0) is 41.0 Å². The van der Waals surface area contributed by atoms with Gasteiger partial charge in [0.05, 0.1) is 13.2 Å². The zero-order valence-electron chi connectivity index (χ0n) is 12.0. The standard InChI is InChI=1S/C14H18FN5O/c1-11-9-12(3-4-13(11)15)10-20-14(16-17-18-20)19-5-2-7-21-8-6-19/h3-4,9H,2,5-8,10H2,1H3. The van der Waals surface area contributed by atoms with Crippen molar-refractivity contribution in [2.75, 3.05) is 31.2 Å². The summed E-state index contributed by atoms with van der Waals surface area (Å²) in [5.41, 5.74) is 1.61. The lowest BCUT2D eigenvalue weighted by Crippen LogP contribution is -2.29. The van der Waals surface area contributed by atoms with Gasteiger partial charge in [-0.2, -0.15) is 0 Å². The van der Waals surface area contributed by atoms with Crippen LogP contribution in [-0.4, -0.2) is 46.5 Å². The fourth-order valence-corrected chi connectivity index (χ4v) is 2.45. The molecule has 2 aromatic rings. The quantitative estimate of drug-likeness (QED) is 0.855. The van der Waals surface area contributed by atoms with Crippen molar-refractivity contribution in [3.8, 4) is 0 Å². The second-order valence-corrected chi connectivity index (χ2v) is 5.17. The summed E-state index contributed by atoms with van der Waals surface area (Å²) in [6.45, 7) is 5.40. The summed E-state index contributed by atoms with van der Waals surface area (Å²) < 4.78 is 20.5. The van der Waals surface area contributed by atoms with Crippen molar-refractivity contribution in [2.24, 2.45) is 0 Å². The van der Waals surface area contributed by atoms with Gasteiger partial charge in [0.25, 0.3) is 0 Å². The van der Waals surface area contributed by atoms with Gasteiger partial charge in [-0.1, -0.05) is 17.2 Å². The summed E-state index contributed by atoms with van der Waals surface area (Å²) in [5.74, 6) is 0.544. The Hall–Kier alpha value is -2.02. The van der Waals surface area contributed by atoms with E-state index in [-0.39, 0.29) is 5.82 Å². The summed E-state index contributed by atoms with van der Waals surface area (Å²) in [5, 5.41) is 11.9. The molecule has 112 valence electrons. The SMILES string of the molecule is Cc1cc(Cn2nnnc2N2CCCOCC2)ccc1F. The van der Waals surface area contributed by atoms with Gasteiger partial charge < -0.3 is 9.64 Å². The number of halogens is 1. The summed E-state index contributed by atoms with van der Waals surface area (Å²) in [4.78, 5) is 2.13. The largest absolute Gasteiger partial charge is 0.380 e. The van der Waals surface area contributed by atoms with Gasteiger partial charge in [-0.3, -0.25) is 0 Å². The smallest absolute Gasteiger partial charge is 0.245 e. The van der Waals surface area contributed by atoms with Gasteiger partial charge in [0, 0.05) is 19.7 Å². The lowest BCUT2D eigenvalue weighted by atomic mass is 10.1. The fourth-order valence-electron chi connectivity index (χ4n) is 2.45. The Morgan fingerprint density at radius 1 is 1.29 bits per heavy atom. The number of anilines is 1. The molecule has 1 aromatic carbocycles. The molecule has 0 amide bonds. The summed E-state index contributed by atoms with van der Waals surface area (Å²) in [6.07, 6.45) is 0.961. The minimum Gasteiger partial charge on any atom is -0.380 e. The van der Waals surface area contributed by atoms with Crippen molar-refractivity contribution in [2.45, 2.75) is 19.9 Å². The maximum Gasteiger partial charge on any atom is 0.245 e. The second-order valence-electron chi connectivity index (χ2n) is 5.17. The molecular formula is C14H18FN5O. The summed E-state index contributed by atoms with van der Waals surface area (Å²) in [7, 11) is 0. The molecule has 0 unspecified atom stereocenters. The van der Waals surface area contributed by atoms with Crippen LogP contribution in [0.5, 0.6) is 0 Å². The highest BCUT2D eigenvalue weighted by Crippen LogP contribution is 2.15. The van der Waals surface area contributed by atoms with Gasteiger partial charge >= 0.3 is 0 Å². The van der Waals surface area contributed by atoms with Crippen LogP contribution in [0, 0.1) is 12.7 Å². The van der Waals surface area contributed by atoms with E-state index in [2.05, 4.69) is 20.4 Å². The van der Waals surface area contributed by atoms with Crippen LogP contribution in [0.4, 0.5) is 10.3 Å². The maximum absolute atomic E-state index is 13.3. The molecule has 0 N–H and O–H groups in total. The molecule has 0 radical (unpaired) electrons. The normalized spacial score (nSPS) is 16.0. The molecule has 1 aliphatic rings. The molecule has 7 heteroatoms. The van der Waals surface area contributed by atoms with Crippen molar-refractivity contribution in [1.29, 1.82) is 0 Å². The molecule has 3 rings (SSSR count).